The van der Waals surface area contributed by atoms with Crippen molar-refractivity contribution < 1.29 is 9.90 Å². The van der Waals surface area contributed by atoms with Gasteiger partial charge >= 0.3 is 6.09 Å². The number of benzene rings is 1. The van der Waals surface area contributed by atoms with E-state index >= 15 is 0 Å². The first kappa shape index (κ1) is 14.4. The first-order chi connectivity index (χ1) is 9.34. The highest BCUT2D eigenvalue weighted by Gasteiger charge is 2.37. The number of carboxylic acid groups (broad SMARTS) is 1. The van der Waals surface area contributed by atoms with Gasteiger partial charge in [0.1, 0.15) is 0 Å². The maximum absolute atomic E-state index is 11.6. The fraction of sp³-hybridized carbons (Fsp3) is 0.500. The monoisotopic (exact) mass is 272 g/mol. The van der Waals surface area contributed by atoms with Gasteiger partial charge in [-0.25, -0.2) is 4.79 Å². The van der Waals surface area contributed by atoms with Crippen molar-refractivity contribution >= 4 is 6.09 Å². The molecule has 1 atom stereocenters. The van der Waals surface area contributed by atoms with Crippen LogP contribution in [0.15, 0.2) is 18.2 Å². The molecule has 106 valence electrons. The van der Waals surface area contributed by atoms with Crippen LogP contribution in [0.3, 0.4) is 0 Å². The van der Waals surface area contributed by atoms with Crippen molar-refractivity contribution in [3.05, 3.63) is 34.9 Å². The second-order valence-corrected chi connectivity index (χ2v) is 6.37. The van der Waals surface area contributed by atoms with Crippen LogP contribution in [0.2, 0.25) is 0 Å². The molecule has 1 aliphatic heterocycles. The molecule has 1 aromatic rings. The number of amides is 1. The summed E-state index contributed by atoms with van der Waals surface area (Å²) in [5.41, 5.74) is 2.59. The van der Waals surface area contributed by atoms with E-state index in [0.29, 0.717) is 12.1 Å². The van der Waals surface area contributed by atoms with Gasteiger partial charge < -0.3 is 10.0 Å². The van der Waals surface area contributed by atoms with Gasteiger partial charge in [-0.1, -0.05) is 26.8 Å². The zero-order valence-corrected chi connectivity index (χ0v) is 12.2. The number of carbonyl (C=O) groups is 1. The normalized spacial score (nSPS) is 18.9. The molecule has 1 heterocycles. The molecular formula is C16H20N2O2. The van der Waals surface area contributed by atoms with E-state index in [2.05, 4.69) is 26.8 Å². The Morgan fingerprint density at radius 1 is 1.45 bits per heavy atom. The van der Waals surface area contributed by atoms with Crippen molar-refractivity contribution in [3.8, 4) is 6.07 Å². The van der Waals surface area contributed by atoms with E-state index in [0.717, 1.165) is 24.0 Å². The molecule has 4 nitrogen and oxygen atoms in total. The molecule has 1 unspecified atom stereocenters. The molecule has 0 fully saturated rings. The smallest absolute Gasteiger partial charge is 0.407 e. The number of hydrogen-bond donors (Lipinski definition) is 1. The van der Waals surface area contributed by atoms with E-state index in [-0.39, 0.29) is 11.5 Å². The van der Waals surface area contributed by atoms with Crippen LogP contribution in [0.25, 0.3) is 0 Å². The Balaban J connectivity index is 2.58. The molecule has 0 aliphatic carbocycles. The number of aryl methyl sites for hydroxylation is 1. The molecule has 1 amide bonds. The number of rotatable bonds is 0. The molecule has 0 aromatic heterocycles. The van der Waals surface area contributed by atoms with Gasteiger partial charge in [0.25, 0.3) is 0 Å². The van der Waals surface area contributed by atoms with E-state index in [1.54, 1.807) is 6.07 Å². The highest BCUT2D eigenvalue weighted by Crippen LogP contribution is 2.41. The van der Waals surface area contributed by atoms with Crippen LogP contribution in [0.4, 0.5) is 4.79 Å². The molecule has 2 rings (SSSR count). The van der Waals surface area contributed by atoms with E-state index in [9.17, 15) is 9.90 Å². The minimum absolute atomic E-state index is 0.176. The molecule has 0 radical (unpaired) electrons. The van der Waals surface area contributed by atoms with E-state index in [1.807, 2.05) is 12.1 Å². The van der Waals surface area contributed by atoms with Gasteiger partial charge in [-0.15, -0.1) is 0 Å². The molecule has 1 aliphatic rings. The van der Waals surface area contributed by atoms with Crippen LogP contribution in [0, 0.1) is 16.7 Å². The summed E-state index contributed by atoms with van der Waals surface area (Å²) in [4.78, 5) is 13.1. The molecule has 0 saturated heterocycles. The summed E-state index contributed by atoms with van der Waals surface area (Å²) in [6.07, 6.45) is 0.740. The van der Waals surface area contributed by atoms with Crippen molar-refractivity contribution in [2.75, 3.05) is 6.54 Å². The Kier molecular flexibility index (Phi) is 3.71. The van der Waals surface area contributed by atoms with Gasteiger partial charge in [-0.3, -0.25) is 0 Å². The number of nitrogens with zero attached hydrogens (tertiary/aromatic N) is 2. The fourth-order valence-electron chi connectivity index (χ4n) is 3.04. The zero-order valence-electron chi connectivity index (χ0n) is 12.2. The Morgan fingerprint density at radius 2 is 2.15 bits per heavy atom. The molecule has 0 bridgehead atoms. The summed E-state index contributed by atoms with van der Waals surface area (Å²) >= 11 is 0. The first-order valence-electron chi connectivity index (χ1n) is 6.87. The summed E-state index contributed by atoms with van der Waals surface area (Å²) < 4.78 is 0. The van der Waals surface area contributed by atoms with Gasteiger partial charge in [0, 0.05) is 6.54 Å². The lowest BCUT2D eigenvalue weighted by atomic mass is 9.79. The number of nitriles is 1. The Morgan fingerprint density at radius 3 is 2.70 bits per heavy atom. The summed E-state index contributed by atoms with van der Waals surface area (Å²) in [6.45, 7) is 6.70. The molecule has 1 N–H and O–H groups in total. The molecule has 1 aromatic carbocycles. The third-order valence-corrected chi connectivity index (χ3v) is 3.79. The van der Waals surface area contributed by atoms with Crippen LogP contribution in [0.1, 0.15) is 49.9 Å². The number of fused-ring (bicyclic) bond motifs is 1. The maximum Gasteiger partial charge on any atom is 0.407 e. The van der Waals surface area contributed by atoms with Crippen molar-refractivity contribution in [2.24, 2.45) is 5.41 Å². The van der Waals surface area contributed by atoms with Crippen molar-refractivity contribution in [1.82, 2.24) is 4.90 Å². The second-order valence-electron chi connectivity index (χ2n) is 6.37. The largest absolute Gasteiger partial charge is 0.465 e. The first-order valence-corrected chi connectivity index (χ1v) is 6.87. The highest BCUT2D eigenvalue weighted by atomic mass is 16.4. The van der Waals surface area contributed by atoms with Crippen molar-refractivity contribution in [1.29, 1.82) is 5.26 Å². The van der Waals surface area contributed by atoms with Crippen LogP contribution in [-0.2, 0) is 6.42 Å². The third-order valence-electron chi connectivity index (χ3n) is 3.79. The average molecular weight is 272 g/mol. The van der Waals surface area contributed by atoms with E-state index < -0.39 is 6.09 Å². The lowest BCUT2D eigenvalue weighted by Crippen LogP contribution is -2.40. The van der Waals surface area contributed by atoms with Gasteiger partial charge in [-0.05, 0) is 41.5 Å². The SMILES string of the molecule is CC(C)(C)C1c2ccc(C#N)cc2CCCN1C(=O)O. The Bertz CT molecular complexity index is 567. The molecule has 20 heavy (non-hydrogen) atoms. The summed E-state index contributed by atoms with van der Waals surface area (Å²) in [7, 11) is 0. The highest BCUT2D eigenvalue weighted by molar-refractivity contribution is 5.66. The van der Waals surface area contributed by atoms with Crippen LogP contribution >= 0.6 is 0 Å². The van der Waals surface area contributed by atoms with Crippen LogP contribution < -0.4 is 0 Å². The van der Waals surface area contributed by atoms with Gasteiger partial charge in [0.05, 0.1) is 17.7 Å². The summed E-state index contributed by atoms with van der Waals surface area (Å²) in [5, 5.41) is 18.5. The third kappa shape index (κ3) is 2.62. The van der Waals surface area contributed by atoms with Crippen molar-refractivity contribution in [3.63, 3.8) is 0 Å². The fourth-order valence-corrected chi connectivity index (χ4v) is 3.04. The molecule has 4 heteroatoms. The average Bonchev–Trinajstić information content (AvgIpc) is 2.56. The lowest BCUT2D eigenvalue weighted by Gasteiger charge is -2.38. The summed E-state index contributed by atoms with van der Waals surface area (Å²) in [5.74, 6) is 0. The topological polar surface area (TPSA) is 64.3 Å². The van der Waals surface area contributed by atoms with E-state index in [1.165, 1.54) is 4.90 Å². The minimum Gasteiger partial charge on any atom is -0.465 e. The standard InChI is InChI=1S/C16H20N2O2/c1-16(2,3)14-13-7-6-11(10-17)9-12(13)5-4-8-18(14)15(19)20/h6-7,9,14H,4-5,8H2,1-3H3,(H,19,20). The summed E-state index contributed by atoms with van der Waals surface area (Å²) in [6, 6.07) is 7.58. The van der Waals surface area contributed by atoms with Gasteiger partial charge in [0.15, 0.2) is 0 Å². The van der Waals surface area contributed by atoms with Crippen molar-refractivity contribution in [2.45, 2.75) is 39.7 Å². The van der Waals surface area contributed by atoms with Gasteiger partial charge in [0.2, 0.25) is 0 Å². The van der Waals surface area contributed by atoms with Crippen LogP contribution in [-0.4, -0.2) is 22.6 Å². The van der Waals surface area contributed by atoms with Crippen LogP contribution in [0.5, 0.6) is 0 Å². The zero-order chi connectivity index (χ0) is 14.9. The number of hydrogen-bond acceptors (Lipinski definition) is 2. The minimum atomic E-state index is -0.873. The predicted octanol–water partition coefficient (Wildman–Crippen LogP) is 3.57. The quantitative estimate of drug-likeness (QED) is 0.785. The van der Waals surface area contributed by atoms with Gasteiger partial charge in [-0.2, -0.15) is 5.26 Å². The van der Waals surface area contributed by atoms with E-state index in [4.69, 9.17) is 5.26 Å². The Hall–Kier alpha value is -2.02. The molecule has 0 spiro atoms. The second kappa shape index (κ2) is 5.16. The Labute approximate surface area is 119 Å². The molecule has 0 saturated carbocycles. The maximum atomic E-state index is 11.6. The lowest BCUT2D eigenvalue weighted by molar-refractivity contribution is 0.0837. The molecular weight excluding hydrogens is 252 g/mol. The predicted molar refractivity (Wildman–Crippen MR) is 76.4 cm³/mol.